The number of likely N-dealkylation sites (tertiary alicyclic amines) is 1. The van der Waals surface area contributed by atoms with E-state index < -0.39 is 47.6 Å². The summed E-state index contributed by atoms with van der Waals surface area (Å²) in [5.41, 5.74) is 6.08. The summed E-state index contributed by atoms with van der Waals surface area (Å²) in [5, 5.41) is 7.54. The van der Waals surface area contributed by atoms with Gasteiger partial charge in [0, 0.05) is 19.0 Å². The van der Waals surface area contributed by atoms with Gasteiger partial charge in [-0.3, -0.25) is 14.4 Å². The number of nitrogens with zero attached hydrogens (tertiary/aromatic N) is 1. The topological polar surface area (TPSA) is 134 Å². The number of thioether (sulfide) groups is 1. The van der Waals surface area contributed by atoms with E-state index in [9.17, 15) is 28.0 Å². The number of hydrogen-bond donors (Lipinski definition) is 4. The predicted molar refractivity (Wildman–Crippen MR) is 132 cm³/mol. The molecule has 5 amide bonds. The lowest BCUT2D eigenvalue weighted by Gasteiger charge is -2.25. The van der Waals surface area contributed by atoms with Crippen LogP contribution in [0.4, 0.5) is 19.3 Å². The van der Waals surface area contributed by atoms with Crippen molar-refractivity contribution < 1.29 is 28.0 Å². The molecule has 0 spiro atoms. The highest BCUT2D eigenvalue weighted by Crippen LogP contribution is 2.21. The lowest BCUT2D eigenvalue weighted by Crippen LogP contribution is -2.53. The summed E-state index contributed by atoms with van der Waals surface area (Å²) in [6, 6.07) is 8.40. The first-order valence-electron chi connectivity index (χ1n) is 11.1. The maximum absolute atomic E-state index is 13.9. The molecule has 5 N–H and O–H groups in total. The quantitative estimate of drug-likeness (QED) is 0.400. The van der Waals surface area contributed by atoms with Gasteiger partial charge in [0.1, 0.15) is 23.7 Å². The van der Waals surface area contributed by atoms with Gasteiger partial charge in [0.2, 0.25) is 17.7 Å². The van der Waals surface area contributed by atoms with Gasteiger partial charge in [-0.1, -0.05) is 30.3 Å². The third kappa shape index (κ3) is 7.17. The minimum absolute atomic E-state index is 0.0384. The van der Waals surface area contributed by atoms with Crippen LogP contribution in [0, 0.1) is 11.6 Å². The highest BCUT2D eigenvalue weighted by atomic mass is 32.2. The SMILES string of the molecule is CSCC(=O)N1CC(NC(=O)Nc2ccc(F)cc2F)CC1C(=O)NC(Cc1ccccc1)C(N)=O. The van der Waals surface area contributed by atoms with Crippen LogP contribution in [0.15, 0.2) is 48.5 Å². The Labute approximate surface area is 211 Å². The summed E-state index contributed by atoms with van der Waals surface area (Å²) in [6.45, 7) is 0.0384. The first-order chi connectivity index (χ1) is 17.2. The van der Waals surface area contributed by atoms with Crippen LogP contribution in [0.2, 0.25) is 0 Å². The number of nitrogens with one attached hydrogen (secondary N) is 3. The minimum Gasteiger partial charge on any atom is -0.368 e. The second kappa shape index (κ2) is 12.3. The van der Waals surface area contributed by atoms with E-state index in [4.69, 9.17) is 5.73 Å². The molecule has 0 bridgehead atoms. The summed E-state index contributed by atoms with van der Waals surface area (Å²) in [7, 11) is 0. The molecule has 1 aliphatic heterocycles. The summed E-state index contributed by atoms with van der Waals surface area (Å²) in [6.07, 6.45) is 2.00. The van der Waals surface area contributed by atoms with E-state index in [1.54, 1.807) is 30.5 Å². The smallest absolute Gasteiger partial charge is 0.319 e. The highest BCUT2D eigenvalue weighted by Gasteiger charge is 2.40. The molecule has 192 valence electrons. The Morgan fingerprint density at radius 2 is 1.86 bits per heavy atom. The van der Waals surface area contributed by atoms with Gasteiger partial charge in [-0.05, 0) is 30.4 Å². The van der Waals surface area contributed by atoms with E-state index in [1.165, 1.54) is 16.7 Å². The summed E-state index contributed by atoms with van der Waals surface area (Å²) in [4.78, 5) is 51.6. The van der Waals surface area contributed by atoms with Crippen molar-refractivity contribution in [2.24, 2.45) is 5.73 Å². The number of rotatable bonds is 9. The van der Waals surface area contributed by atoms with Crippen LogP contribution in [0.1, 0.15) is 12.0 Å². The standard InChI is InChI=1S/C24H27F2N5O4S/c1-36-13-21(32)31-12-16(28-24(35)30-18-8-7-15(25)10-17(18)26)11-20(31)23(34)29-19(22(27)33)9-14-5-3-2-4-6-14/h2-8,10,16,19-20H,9,11-13H2,1H3,(H2,27,33)(H,29,34)(H2,28,30,35). The zero-order valence-corrected chi connectivity index (χ0v) is 20.3. The van der Waals surface area contributed by atoms with E-state index >= 15 is 0 Å². The van der Waals surface area contributed by atoms with Crippen molar-refractivity contribution in [3.05, 3.63) is 65.7 Å². The Balaban J connectivity index is 1.68. The largest absolute Gasteiger partial charge is 0.368 e. The molecule has 3 unspecified atom stereocenters. The number of benzene rings is 2. The van der Waals surface area contributed by atoms with Crippen LogP contribution in [-0.2, 0) is 20.8 Å². The zero-order chi connectivity index (χ0) is 26.2. The van der Waals surface area contributed by atoms with Crippen molar-refractivity contribution in [3.8, 4) is 0 Å². The summed E-state index contributed by atoms with van der Waals surface area (Å²) < 4.78 is 27.0. The van der Waals surface area contributed by atoms with Gasteiger partial charge in [0.05, 0.1) is 17.5 Å². The Bertz CT molecular complexity index is 1120. The second-order valence-electron chi connectivity index (χ2n) is 8.30. The van der Waals surface area contributed by atoms with Gasteiger partial charge in [0.25, 0.3) is 0 Å². The Hall–Kier alpha value is -3.67. The molecule has 12 heteroatoms. The number of urea groups is 1. The molecular formula is C24H27F2N5O4S. The number of anilines is 1. The van der Waals surface area contributed by atoms with Crippen LogP contribution in [0.5, 0.6) is 0 Å². The molecule has 1 aliphatic rings. The van der Waals surface area contributed by atoms with Crippen LogP contribution in [-0.4, -0.2) is 65.3 Å². The molecule has 2 aromatic carbocycles. The van der Waals surface area contributed by atoms with Gasteiger partial charge in [-0.2, -0.15) is 11.8 Å². The van der Waals surface area contributed by atoms with Gasteiger partial charge in [-0.25, -0.2) is 13.6 Å². The fourth-order valence-corrected chi connectivity index (χ4v) is 4.36. The number of carbonyl (C=O) groups excluding carboxylic acids is 4. The molecule has 0 saturated carbocycles. The number of nitrogens with two attached hydrogens (primary N) is 1. The van der Waals surface area contributed by atoms with Crippen LogP contribution in [0.25, 0.3) is 0 Å². The minimum atomic E-state index is -0.992. The molecule has 1 fully saturated rings. The van der Waals surface area contributed by atoms with E-state index in [-0.39, 0.29) is 36.7 Å². The number of primary amides is 1. The molecule has 1 saturated heterocycles. The van der Waals surface area contributed by atoms with Crippen LogP contribution in [0.3, 0.4) is 0 Å². The van der Waals surface area contributed by atoms with Gasteiger partial charge >= 0.3 is 6.03 Å². The number of amides is 5. The van der Waals surface area contributed by atoms with Crippen molar-refractivity contribution in [2.45, 2.75) is 31.0 Å². The molecule has 0 aliphatic carbocycles. The Morgan fingerprint density at radius 1 is 1.14 bits per heavy atom. The van der Waals surface area contributed by atoms with Gasteiger partial charge in [-0.15, -0.1) is 0 Å². The summed E-state index contributed by atoms with van der Waals surface area (Å²) >= 11 is 1.28. The van der Waals surface area contributed by atoms with E-state index in [1.807, 2.05) is 6.07 Å². The number of carbonyl (C=O) groups is 4. The van der Waals surface area contributed by atoms with Gasteiger partial charge in [0.15, 0.2) is 0 Å². The van der Waals surface area contributed by atoms with E-state index in [0.717, 1.165) is 17.7 Å². The predicted octanol–water partition coefficient (Wildman–Crippen LogP) is 1.63. The highest BCUT2D eigenvalue weighted by molar-refractivity contribution is 7.99. The molecule has 3 atom stereocenters. The van der Waals surface area contributed by atoms with Gasteiger partial charge < -0.3 is 26.6 Å². The maximum atomic E-state index is 13.9. The molecule has 3 rings (SSSR count). The maximum Gasteiger partial charge on any atom is 0.319 e. The Morgan fingerprint density at radius 3 is 2.50 bits per heavy atom. The van der Waals surface area contributed by atoms with Crippen molar-refractivity contribution >= 4 is 41.2 Å². The lowest BCUT2D eigenvalue weighted by atomic mass is 10.0. The third-order valence-corrected chi connectivity index (χ3v) is 6.18. The fraction of sp³-hybridized carbons (Fsp3) is 0.333. The van der Waals surface area contributed by atoms with E-state index in [0.29, 0.717) is 6.07 Å². The first kappa shape index (κ1) is 26.9. The molecule has 0 aromatic heterocycles. The zero-order valence-electron chi connectivity index (χ0n) is 19.5. The van der Waals surface area contributed by atoms with Crippen molar-refractivity contribution in [1.29, 1.82) is 0 Å². The van der Waals surface area contributed by atoms with Crippen molar-refractivity contribution in [3.63, 3.8) is 0 Å². The number of halogens is 2. The second-order valence-corrected chi connectivity index (χ2v) is 9.17. The van der Waals surface area contributed by atoms with Crippen molar-refractivity contribution in [1.82, 2.24) is 15.5 Å². The van der Waals surface area contributed by atoms with Crippen LogP contribution >= 0.6 is 11.8 Å². The van der Waals surface area contributed by atoms with Crippen LogP contribution < -0.4 is 21.7 Å². The molecule has 2 aromatic rings. The fourth-order valence-electron chi connectivity index (χ4n) is 3.95. The number of hydrogen-bond acceptors (Lipinski definition) is 5. The normalized spacial score (nSPS) is 17.8. The monoisotopic (exact) mass is 519 g/mol. The molecule has 1 heterocycles. The molecular weight excluding hydrogens is 492 g/mol. The summed E-state index contributed by atoms with van der Waals surface area (Å²) in [5.74, 6) is -3.21. The molecule has 0 radical (unpaired) electrons. The van der Waals surface area contributed by atoms with E-state index in [2.05, 4.69) is 16.0 Å². The third-order valence-electron chi connectivity index (χ3n) is 5.65. The molecule has 36 heavy (non-hydrogen) atoms. The Kier molecular flexibility index (Phi) is 9.23. The lowest BCUT2D eigenvalue weighted by molar-refractivity contribution is -0.137. The average Bonchev–Trinajstić information content (AvgIpc) is 3.25. The van der Waals surface area contributed by atoms with Crippen molar-refractivity contribution in [2.75, 3.05) is 23.9 Å². The first-order valence-corrected chi connectivity index (χ1v) is 12.5. The average molecular weight is 520 g/mol. The molecule has 9 nitrogen and oxygen atoms in total.